The van der Waals surface area contributed by atoms with Crippen molar-refractivity contribution >= 4 is 23.2 Å². The van der Waals surface area contributed by atoms with E-state index < -0.39 is 0 Å². The fourth-order valence-electron chi connectivity index (χ4n) is 2.25. The van der Waals surface area contributed by atoms with Crippen LogP contribution in [0.3, 0.4) is 0 Å². The van der Waals surface area contributed by atoms with Crippen LogP contribution in [0.5, 0.6) is 0 Å². The number of hydrogen-bond acceptors (Lipinski definition) is 2. The van der Waals surface area contributed by atoms with Crippen LogP contribution in [0.2, 0.25) is 10.0 Å². The molecule has 1 aromatic carbocycles. The topological polar surface area (TPSA) is 29.9 Å². The molecule has 1 heterocycles. The maximum Gasteiger partial charge on any atom is 0.0553 e. The van der Waals surface area contributed by atoms with Crippen LogP contribution in [0.15, 0.2) is 30.5 Å². The fourth-order valence-corrected chi connectivity index (χ4v) is 2.63. The quantitative estimate of drug-likeness (QED) is 0.873. The van der Waals surface area contributed by atoms with Crippen molar-refractivity contribution in [3.8, 4) is 0 Å². The first-order valence-electron chi connectivity index (χ1n) is 6.77. The number of aromatic nitrogens is 2. The highest BCUT2D eigenvalue weighted by molar-refractivity contribution is 6.33. The summed E-state index contributed by atoms with van der Waals surface area (Å²) in [6.45, 7) is 3.10. The molecule has 5 heteroatoms. The Morgan fingerprint density at radius 2 is 2.10 bits per heavy atom. The molecule has 1 N–H and O–H groups in total. The summed E-state index contributed by atoms with van der Waals surface area (Å²) in [6.07, 6.45) is 3.69. The highest BCUT2D eigenvalue weighted by Gasteiger charge is 2.16. The van der Waals surface area contributed by atoms with Crippen LogP contribution in [0.25, 0.3) is 0 Å². The lowest BCUT2D eigenvalue weighted by Crippen LogP contribution is -2.26. The summed E-state index contributed by atoms with van der Waals surface area (Å²) in [7, 11) is 1.95. The van der Waals surface area contributed by atoms with Gasteiger partial charge < -0.3 is 5.32 Å². The van der Waals surface area contributed by atoms with E-state index in [-0.39, 0.29) is 6.04 Å². The predicted octanol–water partition coefficient (Wildman–Crippen LogP) is 4.01. The van der Waals surface area contributed by atoms with Gasteiger partial charge in [0.15, 0.2) is 0 Å². The number of halogens is 2. The SMILES string of the molecule is CCCNC(Cc1cc(Cl)ccc1Cl)c1ccnn1C. The number of aryl methyl sites for hydroxylation is 1. The van der Waals surface area contributed by atoms with Crippen LogP contribution < -0.4 is 5.32 Å². The van der Waals surface area contributed by atoms with E-state index in [9.17, 15) is 0 Å². The third-order valence-electron chi connectivity index (χ3n) is 3.29. The monoisotopic (exact) mass is 311 g/mol. The Labute approximate surface area is 129 Å². The van der Waals surface area contributed by atoms with Crippen LogP contribution in [0, 0.1) is 0 Å². The van der Waals surface area contributed by atoms with Crippen LogP contribution in [0.4, 0.5) is 0 Å². The summed E-state index contributed by atoms with van der Waals surface area (Å²) in [6, 6.07) is 7.80. The molecule has 0 spiro atoms. The molecule has 20 heavy (non-hydrogen) atoms. The molecule has 0 fully saturated rings. The largest absolute Gasteiger partial charge is 0.308 e. The Balaban J connectivity index is 2.23. The minimum absolute atomic E-state index is 0.179. The van der Waals surface area contributed by atoms with Crippen molar-refractivity contribution in [2.45, 2.75) is 25.8 Å². The molecule has 0 saturated carbocycles. The smallest absolute Gasteiger partial charge is 0.0553 e. The number of nitrogens with one attached hydrogen (secondary N) is 1. The Bertz CT molecular complexity index is 566. The van der Waals surface area contributed by atoms with Crippen molar-refractivity contribution in [2.75, 3.05) is 6.54 Å². The lowest BCUT2D eigenvalue weighted by molar-refractivity contribution is 0.493. The van der Waals surface area contributed by atoms with Crippen molar-refractivity contribution in [3.63, 3.8) is 0 Å². The standard InChI is InChI=1S/C15H19Cl2N3/c1-3-7-18-14(15-6-8-19-20(15)2)10-11-9-12(16)4-5-13(11)17/h4-6,8-9,14,18H,3,7,10H2,1-2H3. The molecule has 0 amide bonds. The van der Waals surface area contributed by atoms with Crippen molar-refractivity contribution < 1.29 is 0 Å². The normalized spacial score (nSPS) is 12.6. The molecule has 108 valence electrons. The van der Waals surface area contributed by atoms with E-state index in [1.54, 1.807) is 0 Å². The number of rotatable bonds is 6. The summed E-state index contributed by atoms with van der Waals surface area (Å²) < 4.78 is 1.89. The lowest BCUT2D eigenvalue weighted by Gasteiger charge is -2.19. The predicted molar refractivity (Wildman–Crippen MR) is 84.4 cm³/mol. The highest BCUT2D eigenvalue weighted by atomic mass is 35.5. The second kappa shape index (κ2) is 7.11. The second-order valence-corrected chi connectivity index (χ2v) is 5.67. The van der Waals surface area contributed by atoms with E-state index in [0.717, 1.165) is 35.7 Å². The van der Waals surface area contributed by atoms with Crippen molar-refractivity contribution in [1.82, 2.24) is 15.1 Å². The number of benzene rings is 1. The van der Waals surface area contributed by atoms with E-state index in [2.05, 4.69) is 17.3 Å². The first-order chi connectivity index (χ1) is 9.61. The van der Waals surface area contributed by atoms with Crippen LogP contribution >= 0.6 is 23.2 Å². The van der Waals surface area contributed by atoms with Gasteiger partial charge in [-0.25, -0.2) is 0 Å². The molecule has 1 unspecified atom stereocenters. The van der Waals surface area contributed by atoms with Gasteiger partial charge in [0.05, 0.1) is 11.7 Å². The summed E-state index contributed by atoms with van der Waals surface area (Å²) in [5, 5.41) is 9.25. The van der Waals surface area contributed by atoms with Gasteiger partial charge >= 0.3 is 0 Å². The molecule has 0 bridgehead atoms. The minimum Gasteiger partial charge on any atom is -0.308 e. The molecule has 1 atom stereocenters. The van der Waals surface area contributed by atoms with Gasteiger partial charge in [0.1, 0.15) is 0 Å². The Morgan fingerprint density at radius 3 is 2.75 bits per heavy atom. The molecule has 0 radical (unpaired) electrons. The summed E-state index contributed by atoms with van der Waals surface area (Å²) >= 11 is 12.3. The van der Waals surface area contributed by atoms with E-state index >= 15 is 0 Å². The van der Waals surface area contributed by atoms with Gasteiger partial charge in [-0.2, -0.15) is 5.10 Å². The summed E-state index contributed by atoms with van der Waals surface area (Å²) in [5.74, 6) is 0. The molecule has 0 aliphatic heterocycles. The number of nitrogens with zero attached hydrogens (tertiary/aromatic N) is 2. The van der Waals surface area contributed by atoms with Crippen molar-refractivity contribution in [1.29, 1.82) is 0 Å². The van der Waals surface area contributed by atoms with Crippen LogP contribution in [0.1, 0.15) is 30.6 Å². The lowest BCUT2D eigenvalue weighted by atomic mass is 10.0. The molecular weight excluding hydrogens is 293 g/mol. The van der Waals surface area contributed by atoms with E-state index in [0.29, 0.717) is 5.02 Å². The molecule has 3 nitrogen and oxygen atoms in total. The van der Waals surface area contributed by atoms with E-state index in [4.69, 9.17) is 23.2 Å². The van der Waals surface area contributed by atoms with E-state index in [1.807, 2.05) is 42.2 Å². The van der Waals surface area contributed by atoms with Gasteiger partial charge in [-0.05, 0) is 49.2 Å². The molecular formula is C15H19Cl2N3. The van der Waals surface area contributed by atoms with Gasteiger partial charge in [0.25, 0.3) is 0 Å². The first kappa shape index (κ1) is 15.4. The van der Waals surface area contributed by atoms with Crippen molar-refractivity contribution in [3.05, 3.63) is 51.8 Å². The Kier molecular flexibility index (Phi) is 5.46. The second-order valence-electron chi connectivity index (χ2n) is 4.83. The molecule has 2 rings (SSSR count). The first-order valence-corrected chi connectivity index (χ1v) is 7.52. The van der Waals surface area contributed by atoms with Gasteiger partial charge in [-0.3, -0.25) is 4.68 Å². The Hall–Kier alpha value is -1.03. The zero-order chi connectivity index (χ0) is 14.5. The molecule has 0 saturated heterocycles. The average molecular weight is 312 g/mol. The number of hydrogen-bond donors (Lipinski definition) is 1. The zero-order valence-corrected chi connectivity index (χ0v) is 13.2. The van der Waals surface area contributed by atoms with Gasteiger partial charge in [-0.15, -0.1) is 0 Å². The molecule has 1 aromatic heterocycles. The molecule has 2 aromatic rings. The fraction of sp³-hybridized carbons (Fsp3) is 0.400. The molecule has 0 aliphatic carbocycles. The average Bonchev–Trinajstić information content (AvgIpc) is 2.84. The van der Waals surface area contributed by atoms with Gasteiger partial charge in [0, 0.05) is 23.3 Å². The summed E-state index contributed by atoms with van der Waals surface area (Å²) in [4.78, 5) is 0. The maximum atomic E-state index is 6.27. The van der Waals surface area contributed by atoms with Crippen LogP contribution in [-0.2, 0) is 13.5 Å². The summed E-state index contributed by atoms with van der Waals surface area (Å²) in [5.41, 5.74) is 2.20. The molecule has 0 aliphatic rings. The third-order valence-corrected chi connectivity index (χ3v) is 3.89. The van der Waals surface area contributed by atoms with Crippen LogP contribution in [-0.4, -0.2) is 16.3 Å². The Morgan fingerprint density at radius 1 is 1.30 bits per heavy atom. The van der Waals surface area contributed by atoms with Crippen molar-refractivity contribution in [2.24, 2.45) is 7.05 Å². The van der Waals surface area contributed by atoms with Gasteiger partial charge in [-0.1, -0.05) is 30.1 Å². The zero-order valence-electron chi connectivity index (χ0n) is 11.7. The van der Waals surface area contributed by atoms with Gasteiger partial charge in [0.2, 0.25) is 0 Å². The van der Waals surface area contributed by atoms with E-state index in [1.165, 1.54) is 0 Å². The highest BCUT2D eigenvalue weighted by Crippen LogP contribution is 2.26. The minimum atomic E-state index is 0.179. The maximum absolute atomic E-state index is 6.27. The third kappa shape index (κ3) is 3.75.